The Bertz CT molecular complexity index is 381. The molecule has 0 saturated heterocycles. The van der Waals surface area contributed by atoms with Gasteiger partial charge in [-0.15, -0.1) is 0 Å². The average molecular weight is 231 g/mol. The second-order valence-corrected chi connectivity index (χ2v) is 5.04. The van der Waals surface area contributed by atoms with Crippen LogP contribution in [0.1, 0.15) is 44.6 Å². The number of rotatable bonds is 4. The topological polar surface area (TPSA) is 43.1 Å². The maximum atomic E-state index is 12.1. The van der Waals surface area contributed by atoms with Gasteiger partial charge in [0.1, 0.15) is 0 Å². The molecule has 17 heavy (non-hydrogen) atoms. The van der Waals surface area contributed by atoms with Crippen molar-refractivity contribution in [3.05, 3.63) is 35.9 Å². The van der Waals surface area contributed by atoms with Gasteiger partial charge in [0.25, 0.3) is 0 Å². The van der Waals surface area contributed by atoms with Crippen LogP contribution in [0.5, 0.6) is 0 Å². The molecule has 0 aromatic heterocycles. The highest BCUT2D eigenvalue weighted by molar-refractivity contribution is 5.87. The molecule has 1 aliphatic rings. The van der Waals surface area contributed by atoms with E-state index in [0.29, 0.717) is 5.92 Å². The van der Waals surface area contributed by atoms with E-state index >= 15 is 0 Å². The van der Waals surface area contributed by atoms with Crippen LogP contribution < -0.4 is 5.73 Å². The number of hydrogen-bond donors (Lipinski definition) is 1. The highest BCUT2D eigenvalue weighted by Gasteiger charge is 2.44. The predicted molar refractivity (Wildman–Crippen MR) is 69.6 cm³/mol. The third kappa shape index (κ3) is 1.97. The van der Waals surface area contributed by atoms with Crippen LogP contribution in [0.4, 0.5) is 0 Å². The van der Waals surface area contributed by atoms with Gasteiger partial charge in [0.2, 0.25) is 5.91 Å². The van der Waals surface area contributed by atoms with Crippen molar-refractivity contribution < 1.29 is 4.79 Å². The van der Waals surface area contributed by atoms with Gasteiger partial charge in [-0.3, -0.25) is 4.79 Å². The van der Waals surface area contributed by atoms with Crippen LogP contribution in [0.15, 0.2) is 30.3 Å². The van der Waals surface area contributed by atoms with Crippen molar-refractivity contribution in [3.63, 3.8) is 0 Å². The zero-order valence-electron chi connectivity index (χ0n) is 10.5. The van der Waals surface area contributed by atoms with Crippen LogP contribution in [0.3, 0.4) is 0 Å². The maximum absolute atomic E-state index is 12.1. The van der Waals surface area contributed by atoms with Crippen LogP contribution >= 0.6 is 0 Å². The molecule has 92 valence electrons. The molecule has 1 atom stereocenters. The summed E-state index contributed by atoms with van der Waals surface area (Å²) in [5, 5.41) is 0. The van der Waals surface area contributed by atoms with Crippen LogP contribution in [0.2, 0.25) is 0 Å². The smallest absolute Gasteiger partial charge is 0.228 e. The summed E-state index contributed by atoms with van der Waals surface area (Å²) in [4.78, 5) is 12.1. The SMILES string of the molecule is CCC(C(N)=O)(c1ccccc1)C1CCCC1. The van der Waals surface area contributed by atoms with Crippen molar-refractivity contribution in [3.8, 4) is 0 Å². The number of benzene rings is 1. The first-order valence-corrected chi connectivity index (χ1v) is 6.57. The molecule has 1 fully saturated rings. The number of carbonyl (C=O) groups excluding carboxylic acids is 1. The minimum atomic E-state index is -0.447. The van der Waals surface area contributed by atoms with E-state index in [4.69, 9.17) is 5.73 Å². The molecule has 2 heteroatoms. The molecule has 1 aliphatic carbocycles. The third-order valence-electron chi connectivity index (χ3n) is 4.34. The monoisotopic (exact) mass is 231 g/mol. The van der Waals surface area contributed by atoms with E-state index in [0.717, 1.165) is 24.8 Å². The van der Waals surface area contributed by atoms with E-state index in [1.807, 2.05) is 30.3 Å². The lowest BCUT2D eigenvalue weighted by Gasteiger charge is -2.36. The van der Waals surface area contributed by atoms with E-state index in [2.05, 4.69) is 6.92 Å². The lowest BCUT2D eigenvalue weighted by atomic mass is 9.67. The molecule has 1 unspecified atom stereocenters. The number of carbonyl (C=O) groups is 1. The summed E-state index contributed by atoms with van der Waals surface area (Å²) in [5.74, 6) is 0.269. The fourth-order valence-corrected chi connectivity index (χ4v) is 3.40. The van der Waals surface area contributed by atoms with Crippen molar-refractivity contribution in [1.82, 2.24) is 0 Å². The van der Waals surface area contributed by atoms with Gasteiger partial charge >= 0.3 is 0 Å². The van der Waals surface area contributed by atoms with Gasteiger partial charge in [0.05, 0.1) is 5.41 Å². The summed E-state index contributed by atoms with van der Waals surface area (Å²) in [6.07, 6.45) is 5.52. The van der Waals surface area contributed by atoms with Gasteiger partial charge in [-0.2, -0.15) is 0 Å². The normalized spacial score (nSPS) is 20.1. The molecule has 0 spiro atoms. The first-order chi connectivity index (χ1) is 8.21. The van der Waals surface area contributed by atoms with Crippen molar-refractivity contribution in [2.45, 2.75) is 44.4 Å². The molecule has 1 saturated carbocycles. The van der Waals surface area contributed by atoms with E-state index in [1.165, 1.54) is 12.8 Å². The summed E-state index contributed by atoms with van der Waals surface area (Å²) < 4.78 is 0. The van der Waals surface area contributed by atoms with E-state index in [1.54, 1.807) is 0 Å². The fraction of sp³-hybridized carbons (Fsp3) is 0.533. The summed E-state index contributed by atoms with van der Waals surface area (Å²) in [5.41, 5.74) is 6.41. The lowest BCUT2D eigenvalue weighted by molar-refractivity contribution is -0.125. The highest BCUT2D eigenvalue weighted by Crippen LogP contribution is 2.44. The Hall–Kier alpha value is -1.31. The Morgan fingerprint density at radius 3 is 2.35 bits per heavy atom. The molecule has 2 nitrogen and oxygen atoms in total. The van der Waals surface area contributed by atoms with Gasteiger partial charge in [0.15, 0.2) is 0 Å². The van der Waals surface area contributed by atoms with Gasteiger partial charge in [-0.1, -0.05) is 50.1 Å². The predicted octanol–water partition coefficient (Wildman–Crippen LogP) is 3.01. The maximum Gasteiger partial charge on any atom is 0.228 e. The van der Waals surface area contributed by atoms with Crippen LogP contribution in [-0.4, -0.2) is 5.91 Å². The fourth-order valence-electron chi connectivity index (χ4n) is 3.40. The highest BCUT2D eigenvalue weighted by atomic mass is 16.1. The first kappa shape index (κ1) is 12.2. The Labute approximate surface area is 103 Å². The van der Waals surface area contributed by atoms with Crippen molar-refractivity contribution in [2.24, 2.45) is 11.7 Å². The molecular formula is C15H21NO. The zero-order valence-corrected chi connectivity index (χ0v) is 10.5. The van der Waals surface area contributed by atoms with Gasteiger partial charge in [-0.05, 0) is 30.7 Å². The van der Waals surface area contributed by atoms with Crippen molar-refractivity contribution in [1.29, 1.82) is 0 Å². The number of amides is 1. The summed E-state index contributed by atoms with van der Waals surface area (Å²) in [7, 11) is 0. The number of nitrogens with two attached hydrogens (primary N) is 1. The first-order valence-electron chi connectivity index (χ1n) is 6.57. The van der Waals surface area contributed by atoms with Crippen LogP contribution in [-0.2, 0) is 10.2 Å². The van der Waals surface area contributed by atoms with E-state index in [9.17, 15) is 4.79 Å². The Morgan fingerprint density at radius 1 is 1.29 bits per heavy atom. The Balaban J connectivity index is 2.45. The minimum absolute atomic E-state index is 0.155. The standard InChI is InChI=1S/C15H21NO/c1-2-15(14(16)17,13-10-6-7-11-13)12-8-4-3-5-9-12/h3-5,8-9,13H,2,6-7,10-11H2,1H3,(H2,16,17). The van der Waals surface area contributed by atoms with E-state index in [-0.39, 0.29) is 5.91 Å². The van der Waals surface area contributed by atoms with Crippen molar-refractivity contribution in [2.75, 3.05) is 0 Å². The number of hydrogen-bond acceptors (Lipinski definition) is 1. The molecule has 2 rings (SSSR count). The second-order valence-electron chi connectivity index (χ2n) is 5.04. The molecule has 2 N–H and O–H groups in total. The zero-order chi connectivity index (χ0) is 12.3. The van der Waals surface area contributed by atoms with E-state index < -0.39 is 5.41 Å². The van der Waals surface area contributed by atoms with Gasteiger partial charge in [-0.25, -0.2) is 0 Å². The van der Waals surface area contributed by atoms with Crippen LogP contribution in [0.25, 0.3) is 0 Å². The average Bonchev–Trinajstić information content (AvgIpc) is 2.86. The molecule has 1 amide bonds. The van der Waals surface area contributed by atoms with Crippen molar-refractivity contribution >= 4 is 5.91 Å². The minimum Gasteiger partial charge on any atom is -0.369 e. The summed E-state index contributed by atoms with van der Waals surface area (Å²) >= 11 is 0. The number of primary amides is 1. The largest absolute Gasteiger partial charge is 0.369 e. The molecule has 0 heterocycles. The third-order valence-corrected chi connectivity index (χ3v) is 4.34. The van der Waals surface area contributed by atoms with Gasteiger partial charge in [0, 0.05) is 0 Å². The van der Waals surface area contributed by atoms with Crippen LogP contribution in [0, 0.1) is 5.92 Å². The molecular weight excluding hydrogens is 210 g/mol. The van der Waals surface area contributed by atoms with Gasteiger partial charge < -0.3 is 5.73 Å². The second kappa shape index (κ2) is 4.91. The molecule has 0 bridgehead atoms. The molecule has 1 aromatic rings. The molecule has 0 radical (unpaired) electrons. The Morgan fingerprint density at radius 2 is 1.88 bits per heavy atom. The summed E-state index contributed by atoms with van der Waals surface area (Å²) in [6, 6.07) is 10.1. The lowest BCUT2D eigenvalue weighted by Crippen LogP contribution is -2.46. The Kier molecular flexibility index (Phi) is 3.51. The quantitative estimate of drug-likeness (QED) is 0.850. The molecule has 0 aliphatic heterocycles. The summed E-state index contributed by atoms with van der Waals surface area (Å²) in [6.45, 7) is 2.08. The molecule has 1 aromatic carbocycles.